The summed E-state index contributed by atoms with van der Waals surface area (Å²) in [6, 6.07) is 6.33. The highest BCUT2D eigenvalue weighted by Crippen LogP contribution is 2.21. The van der Waals surface area contributed by atoms with E-state index in [1.165, 1.54) is 16.3 Å². The first-order valence-electron chi connectivity index (χ1n) is 8.31. The van der Waals surface area contributed by atoms with Gasteiger partial charge in [0, 0.05) is 6.54 Å². The largest absolute Gasteiger partial charge is 0.351 e. The number of carbonyl (C=O) groups is 1. The summed E-state index contributed by atoms with van der Waals surface area (Å²) < 4.78 is 25.6. The maximum absolute atomic E-state index is 12.5. The number of sulfonamides is 1. The van der Waals surface area contributed by atoms with Crippen LogP contribution in [0.5, 0.6) is 0 Å². The minimum Gasteiger partial charge on any atom is -0.351 e. The SMILES string of the molecule is Cc1ccc(N([C@@H](C)C(=O)NCC2=CCCCC2)S(C)(=O)=O)cc1. The fourth-order valence-corrected chi connectivity index (χ4v) is 4.09. The molecule has 0 fully saturated rings. The molecule has 1 aromatic rings. The number of allylic oxidation sites excluding steroid dienone is 1. The summed E-state index contributed by atoms with van der Waals surface area (Å²) in [4.78, 5) is 12.5. The van der Waals surface area contributed by atoms with Gasteiger partial charge in [-0.3, -0.25) is 9.10 Å². The van der Waals surface area contributed by atoms with Gasteiger partial charge in [0.05, 0.1) is 11.9 Å². The molecule has 5 nitrogen and oxygen atoms in total. The van der Waals surface area contributed by atoms with Crippen LogP contribution in [0.1, 0.15) is 38.2 Å². The molecule has 0 spiro atoms. The molecule has 1 aliphatic rings. The van der Waals surface area contributed by atoms with Crippen LogP contribution in [0.3, 0.4) is 0 Å². The molecule has 1 N–H and O–H groups in total. The van der Waals surface area contributed by atoms with E-state index in [9.17, 15) is 13.2 Å². The maximum Gasteiger partial charge on any atom is 0.243 e. The van der Waals surface area contributed by atoms with E-state index in [0.29, 0.717) is 12.2 Å². The lowest BCUT2D eigenvalue weighted by Crippen LogP contribution is -2.48. The Hall–Kier alpha value is -1.82. The smallest absolute Gasteiger partial charge is 0.243 e. The second-order valence-corrected chi connectivity index (χ2v) is 8.26. The molecule has 132 valence electrons. The molecule has 0 aromatic heterocycles. The highest BCUT2D eigenvalue weighted by Gasteiger charge is 2.28. The fraction of sp³-hybridized carbons (Fsp3) is 0.500. The lowest BCUT2D eigenvalue weighted by atomic mass is 10.00. The van der Waals surface area contributed by atoms with Gasteiger partial charge in [0.2, 0.25) is 15.9 Å². The molecule has 2 rings (SSSR count). The number of benzene rings is 1. The van der Waals surface area contributed by atoms with E-state index in [-0.39, 0.29) is 5.91 Å². The molecule has 0 saturated heterocycles. The number of rotatable bonds is 6. The Morgan fingerprint density at radius 3 is 2.46 bits per heavy atom. The van der Waals surface area contributed by atoms with E-state index >= 15 is 0 Å². The minimum atomic E-state index is -3.56. The molecule has 1 amide bonds. The van der Waals surface area contributed by atoms with Gasteiger partial charge >= 0.3 is 0 Å². The van der Waals surface area contributed by atoms with E-state index in [1.807, 2.05) is 19.1 Å². The Morgan fingerprint density at radius 1 is 1.25 bits per heavy atom. The molecule has 6 heteroatoms. The summed E-state index contributed by atoms with van der Waals surface area (Å²) in [6.07, 6.45) is 7.70. The van der Waals surface area contributed by atoms with Crippen molar-refractivity contribution in [1.82, 2.24) is 5.32 Å². The Kier molecular flexibility index (Phi) is 6.04. The number of carbonyl (C=O) groups excluding carboxylic acids is 1. The normalized spacial score (nSPS) is 16.2. The molecule has 0 bridgehead atoms. The van der Waals surface area contributed by atoms with Gasteiger partial charge in [-0.15, -0.1) is 0 Å². The monoisotopic (exact) mass is 350 g/mol. The van der Waals surface area contributed by atoms with Crippen LogP contribution in [0.2, 0.25) is 0 Å². The third-order valence-electron chi connectivity index (χ3n) is 4.25. The van der Waals surface area contributed by atoms with Crippen molar-refractivity contribution in [3.05, 3.63) is 41.5 Å². The number of nitrogens with one attached hydrogen (secondary N) is 1. The second kappa shape index (κ2) is 7.83. The van der Waals surface area contributed by atoms with Gasteiger partial charge in [-0.1, -0.05) is 29.3 Å². The number of hydrogen-bond acceptors (Lipinski definition) is 3. The van der Waals surface area contributed by atoms with E-state index < -0.39 is 16.1 Å². The third kappa shape index (κ3) is 4.84. The molecule has 1 aliphatic carbocycles. The molecule has 1 atom stereocenters. The third-order valence-corrected chi connectivity index (χ3v) is 5.49. The fourth-order valence-electron chi connectivity index (χ4n) is 2.91. The zero-order chi connectivity index (χ0) is 17.7. The van der Waals surface area contributed by atoms with Crippen molar-refractivity contribution >= 4 is 21.6 Å². The predicted molar refractivity (Wildman–Crippen MR) is 97.5 cm³/mol. The average molecular weight is 350 g/mol. The highest BCUT2D eigenvalue weighted by atomic mass is 32.2. The van der Waals surface area contributed by atoms with Gasteiger partial charge in [0.25, 0.3) is 0 Å². The summed E-state index contributed by atoms with van der Waals surface area (Å²) >= 11 is 0. The zero-order valence-electron chi connectivity index (χ0n) is 14.6. The highest BCUT2D eigenvalue weighted by molar-refractivity contribution is 7.92. The first-order valence-corrected chi connectivity index (χ1v) is 10.2. The molecule has 1 aromatic carbocycles. The van der Waals surface area contributed by atoms with E-state index in [4.69, 9.17) is 0 Å². The van der Waals surface area contributed by atoms with Crippen molar-refractivity contribution in [3.63, 3.8) is 0 Å². The van der Waals surface area contributed by atoms with Crippen LogP contribution in [0.4, 0.5) is 5.69 Å². The Bertz CT molecular complexity index is 708. The lowest BCUT2D eigenvalue weighted by molar-refractivity contribution is -0.121. The zero-order valence-corrected chi connectivity index (χ0v) is 15.4. The van der Waals surface area contributed by atoms with Crippen molar-refractivity contribution in [1.29, 1.82) is 0 Å². The van der Waals surface area contributed by atoms with Gasteiger partial charge in [0.15, 0.2) is 0 Å². The summed E-state index contributed by atoms with van der Waals surface area (Å²) in [5, 5.41) is 2.87. The number of hydrogen-bond donors (Lipinski definition) is 1. The van der Waals surface area contributed by atoms with Crippen LogP contribution in [-0.4, -0.2) is 33.2 Å². The van der Waals surface area contributed by atoms with E-state index in [0.717, 1.165) is 31.1 Å². The first-order chi connectivity index (χ1) is 11.3. The van der Waals surface area contributed by atoms with Gasteiger partial charge in [-0.2, -0.15) is 0 Å². The van der Waals surface area contributed by atoms with Crippen LogP contribution in [-0.2, 0) is 14.8 Å². The predicted octanol–water partition coefficient (Wildman–Crippen LogP) is 2.77. The molecule has 0 unspecified atom stereocenters. The molecule has 0 heterocycles. The Labute approximate surface area is 144 Å². The maximum atomic E-state index is 12.5. The van der Waals surface area contributed by atoms with Crippen LogP contribution in [0, 0.1) is 6.92 Å². The molecular weight excluding hydrogens is 324 g/mol. The molecular formula is C18H26N2O3S. The molecule has 0 radical (unpaired) electrons. The first kappa shape index (κ1) is 18.5. The molecule has 24 heavy (non-hydrogen) atoms. The summed E-state index contributed by atoms with van der Waals surface area (Å²) in [7, 11) is -3.56. The van der Waals surface area contributed by atoms with Crippen LogP contribution < -0.4 is 9.62 Å². The molecule has 0 saturated carbocycles. The van der Waals surface area contributed by atoms with Crippen LogP contribution >= 0.6 is 0 Å². The number of anilines is 1. The average Bonchev–Trinajstić information content (AvgIpc) is 2.54. The van der Waals surface area contributed by atoms with Gasteiger partial charge in [0.1, 0.15) is 6.04 Å². The van der Waals surface area contributed by atoms with Gasteiger partial charge in [-0.05, 0) is 51.7 Å². The van der Waals surface area contributed by atoms with Crippen LogP contribution in [0.25, 0.3) is 0 Å². The standard InChI is InChI=1S/C18H26N2O3S/c1-14-9-11-17(12-10-14)20(24(3,22)23)15(2)18(21)19-13-16-7-5-4-6-8-16/h7,9-12,15H,4-6,8,13H2,1-3H3,(H,19,21)/t15-/m0/s1. The van der Waals surface area contributed by atoms with Gasteiger partial charge in [-0.25, -0.2) is 8.42 Å². The van der Waals surface area contributed by atoms with Crippen molar-refractivity contribution in [2.75, 3.05) is 17.1 Å². The summed E-state index contributed by atoms with van der Waals surface area (Å²) in [6.45, 7) is 4.04. The Morgan fingerprint density at radius 2 is 1.92 bits per heavy atom. The molecule has 0 aliphatic heterocycles. The van der Waals surface area contributed by atoms with E-state index in [2.05, 4.69) is 11.4 Å². The second-order valence-electron chi connectivity index (χ2n) is 6.40. The summed E-state index contributed by atoms with van der Waals surface area (Å²) in [5.41, 5.74) is 2.76. The summed E-state index contributed by atoms with van der Waals surface area (Å²) in [5.74, 6) is -0.285. The Balaban J connectivity index is 2.12. The van der Waals surface area contributed by atoms with E-state index in [1.54, 1.807) is 19.1 Å². The van der Waals surface area contributed by atoms with Crippen molar-refractivity contribution in [2.24, 2.45) is 0 Å². The van der Waals surface area contributed by atoms with Crippen molar-refractivity contribution in [2.45, 2.75) is 45.6 Å². The quantitative estimate of drug-likeness (QED) is 0.802. The minimum absolute atomic E-state index is 0.285. The lowest BCUT2D eigenvalue weighted by Gasteiger charge is -2.28. The van der Waals surface area contributed by atoms with Gasteiger partial charge < -0.3 is 5.32 Å². The number of amides is 1. The topological polar surface area (TPSA) is 66.5 Å². The van der Waals surface area contributed by atoms with Crippen molar-refractivity contribution < 1.29 is 13.2 Å². The van der Waals surface area contributed by atoms with Crippen molar-refractivity contribution in [3.8, 4) is 0 Å². The number of aryl methyl sites for hydroxylation is 1. The number of nitrogens with zero attached hydrogens (tertiary/aromatic N) is 1. The van der Waals surface area contributed by atoms with Crippen LogP contribution in [0.15, 0.2) is 35.9 Å².